The maximum atomic E-state index is 11.4. The molecule has 0 saturated carbocycles. The molecule has 3 heteroatoms. The fourth-order valence-corrected chi connectivity index (χ4v) is 0.919. The van der Waals surface area contributed by atoms with E-state index in [1.807, 2.05) is 25.9 Å². The fourth-order valence-electron chi connectivity index (χ4n) is 0.919. The molecule has 0 aliphatic rings. The van der Waals surface area contributed by atoms with E-state index in [1.165, 1.54) is 0 Å². The van der Waals surface area contributed by atoms with Crippen molar-refractivity contribution in [2.45, 2.75) is 13.8 Å². The zero-order chi connectivity index (χ0) is 9.72. The first kappa shape index (κ1) is 11.2. The van der Waals surface area contributed by atoms with Crippen molar-refractivity contribution in [3.05, 3.63) is 12.2 Å². The highest BCUT2D eigenvalue weighted by Gasteiger charge is 2.11. The van der Waals surface area contributed by atoms with Gasteiger partial charge in [-0.05, 0) is 27.9 Å². The predicted molar refractivity (Wildman–Crippen MR) is 50.8 cm³/mol. The molecule has 0 aliphatic carbocycles. The molecule has 0 N–H and O–H groups in total. The molecule has 12 heavy (non-hydrogen) atoms. The van der Waals surface area contributed by atoms with Crippen LogP contribution in [0, 0.1) is 0 Å². The number of amides is 1. The zero-order valence-electron chi connectivity index (χ0n) is 8.42. The number of carbonyl (C=O) groups excluding carboxylic acids is 1. The summed E-state index contributed by atoms with van der Waals surface area (Å²) in [4.78, 5) is 15.1. The van der Waals surface area contributed by atoms with Crippen LogP contribution >= 0.6 is 0 Å². The monoisotopic (exact) mass is 170 g/mol. The van der Waals surface area contributed by atoms with Crippen LogP contribution in [0.25, 0.3) is 0 Å². The van der Waals surface area contributed by atoms with Crippen LogP contribution in [-0.4, -0.2) is 43.0 Å². The number of likely N-dealkylation sites (N-methyl/N-ethyl adjacent to an activating group) is 1. The van der Waals surface area contributed by atoms with Gasteiger partial charge in [-0.15, -0.1) is 0 Å². The van der Waals surface area contributed by atoms with Gasteiger partial charge >= 0.3 is 0 Å². The molecule has 0 heterocycles. The van der Waals surface area contributed by atoms with E-state index in [4.69, 9.17) is 0 Å². The van der Waals surface area contributed by atoms with Crippen molar-refractivity contribution in [1.82, 2.24) is 9.80 Å². The van der Waals surface area contributed by atoms with E-state index in [2.05, 4.69) is 6.58 Å². The fraction of sp³-hybridized carbons (Fsp3) is 0.667. The van der Waals surface area contributed by atoms with Crippen LogP contribution in [0.5, 0.6) is 0 Å². The number of carbonyl (C=O) groups is 1. The molecule has 70 valence electrons. The van der Waals surface area contributed by atoms with Crippen LogP contribution in [-0.2, 0) is 4.79 Å². The Morgan fingerprint density at radius 1 is 1.42 bits per heavy atom. The summed E-state index contributed by atoms with van der Waals surface area (Å²) < 4.78 is 0. The molecule has 0 aliphatic heterocycles. The first-order valence-electron chi connectivity index (χ1n) is 4.08. The van der Waals surface area contributed by atoms with Gasteiger partial charge in [0.25, 0.3) is 0 Å². The summed E-state index contributed by atoms with van der Waals surface area (Å²) in [6, 6.07) is 0. The van der Waals surface area contributed by atoms with Gasteiger partial charge in [-0.1, -0.05) is 6.58 Å². The summed E-state index contributed by atoms with van der Waals surface area (Å²) in [6.07, 6.45) is 0. The van der Waals surface area contributed by atoms with Gasteiger partial charge < -0.3 is 4.90 Å². The Hall–Kier alpha value is -0.830. The molecular weight excluding hydrogens is 152 g/mol. The molecule has 0 aromatic carbocycles. The van der Waals surface area contributed by atoms with Crippen molar-refractivity contribution in [2.75, 3.05) is 27.3 Å². The average Bonchev–Trinajstić information content (AvgIpc) is 1.98. The molecule has 3 nitrogen and oxygen atoms in total. The first-order valence-corrected chi connectivity index (χ1v) is 4.08. The highest BCUT2D eigenvalue weighted by molar-refractivity contribution is 5.92. The summed E-state index contributed by atoms with van der Waals surface area (Å²) in [5, 5.41) is 0. The van der Waals surface area contributed by atoms with Crippen molar-refractivity contribution in [3.8, 4) is 0 Å². The van der Waals surface area contributed by atoms with Crippen molar-refractivity contribution in [2.24, 2.45) is 0 Å². The largest absolute Gasteiger partial charge is 0.326 e. The Morgan fingerprint density at radius 2 is 1.92 bits per heavy atom. The van der Waals surface area contributed by atoms with E-state index >= 15 is 0 Å². The molecule has 0 bridgehead atoms. The molecule has 0 radical (unpaired) electrons. The van der Waals surface area contributed by atoms with E-state index in [0.717, 1.165) is 6.54 Å². The molecular formula is C9H18N2O. The quantitative estimate of drug-likeness (QED) is 0.463. The van der Waals surface area contributed by atoms with Gasteiger partial charge in [0.05, 0.1) is 6.67 Å². The van der Waals surface area contributed by atoms with Crippen molar-refractivity contribution < 1.29 is 4.79 Å². The van der Waals surface area contributed by atoms with Gasteiger partial charge in [0.15, 0.2) is 0 Å². The van der Waals surface area contributed by atoms with Crippen LogP contribution < -0.4 is 0 Å². The van der Waals surface area contributed by atoms with E-state index < -0.39 is 0 Å². The zero-order valence-corrected chi connectivity index (χ0v) is 8.42. The Balaban J connectivity index is 4.15. The van der Waals surface area contributed by atoms with Crippen molar-refractivity contribution >= 4 is 5.91 Å². The summed E-state index contributed by atoms with van der Waals surface area (Å²) in [6.45, 7) is 8.70. The van der Waals surface area contributed by atoms with Crippen LogP contribution in [0.2, 0.25) is 0 Å². The second kappa shape index (κ2) is 4.93. The molecule has 0 aromatic heterocycles. The van der Waals surface area contributed by atoms with E-state index in [-0.39, 0.29) is 5.91 Å². The Kier molecular flexibility index (Phi) is 4.59. The van der Waals surface area contributed by atoms with Gasteiger partial charge in [0, 0.05) is 12.1 Å². The third-order valence-electron chi connectivity index (χ3n) is 1.49. The molecule has 0 aromatic rings. The first-order chi connectivity index (χ1) is 5.49. The maximum absolute atomic E-state index is 11.4. The summed E-state index contributed by atoms with van der Waals surface area (Å²) in [5.74, 6) is 0.0335. The topological polar surface area (TPSA) is 23.6 Å². The molecule has 1 amide bonds. The Morgan fingerprint density at radius 3 is 2.17 bits per heavy atom. The molecule has 0 spiro atoms. The summed E-state index contributed by atoms with van der Waals surface area (Å²) in [5.41, 5.74) is 0.596. The third kappa shape index (κ3) is 3.53. The lowest BCUT2D eigenvalue weighted by Gasteiger charge is -2.24. The molecule has 0 atom stereocenters. The molecule has 0 rings (SSSR count). The second-order valence-corrected chi connectivity index (χ2v) is 3.16. The van der Waals surface area contributed by atoms with Crippen LogP contribution in [0.3, 0.4) is 0 Å². The molecule has 0 unspecified atom stereocenters. The van der Waals surface area contributed by atoms with E-state index in [0.29, 0.717) is 12.2 Å². The number of hydrogen-bond acceptors (Lipinski definition) is 2. The van der Waals surface area contributed by atoms with Gasteiger partial charge in [-0.25, -0.2) is 0 Å². The Bertz CT molecular complexity index is 175. The van der Waals surface area contributed by atoms with E-state index in [9.17, 15) is 4.79 Å². The van der Waals surface area contributed by atoms with Crippen LogP contribution in [0.1, 0.15) is 13.8 Å². The third-order valence-corrected chi connectivity index (χ3v) is 1.49. The van der Waals surface area contributed by atoms with Gasteiger partial charge in [-0.3, -0.25) is 9.69 Å². The van der Waals surface area contributed by atoms with Crippen molar-refractivity contribution in [1.29, 1.82) is 0 Å². The minimum Gasteiger partial charge on any atom is -0.326 e. The number of rotatable bonds is 4. The smallest absolute Gasteiger partial charge is 0.249 e. The lowest BCUT2D eigenvalue weighted by molar-refractivity contribution is -0.128. The molecule has 0 fully saturated rings. The lowest BCUT2D eigenvalue weighted by Crippen LogP contribution is -2.38. The Labute approximate surface area is 74.7 Å². The highest BCUT2D eigenvalue weighted by atomic mass is 16.2. The SMILES string of the molecule is C=C(C)C(=O)N(CC)CN(C)C. The highest BCUT2D eigenvalue weighted by Crippen LogP contribution is 1.98. The molecule has 0 saturated heterocycles. The summed E-state index contributed by atoms with van der Waals surface area (Å²) in [7, 11) is 3.88. The van der Waals surface area contributed by atoms with Gasteiger partial charge in [0.2, 0.25) is 5.91 Å². The minimum atomic E-state index is 0.0335. The lowest BCUT2D eigenvalue weighted by atomic mass is 10.3. The van der Waals surface area contributed by atoms with Gasteiger partial charge in [0.1, 0.15) is 0 Å². The van der Waals surface area contributed by atoms with Gasteiger partial charge in [-0.2, -0.15) is 0 Å². The van der Waals surface area contributed by atoms with Crippen LogP contribution in [0.15, 0.2) is 12.2 Å². The predicted octanol–water partition coefficient (Wildman–Crippen LogP) is 0.930. The normalized spacial score (nSPS) is 10.1. The number of hydrogen-bond donors (Lipinski definition) is 0. The maximum Gasteiger partial charge on any atom is 0.249 e. The van der Waals surface area contributed by atoms with Crippen LogP contribution in [0.4, 0.5) is 0 Å². The summed E-state index contributed by atoms with van der Waals surface area (Å²) >= 11 is 0. The second-order valence-electron chi connectivity index (χ2n) is 3.16. The standard InChI is InChI=1S/C9H18N2O/c1-6-11(7-10(4)5)9(12)8(2)3/h2,6-7H2,1,3-5H3. The van der Waals surface area contributed by atoms with E-state index in [1.54, 1.807) is 11.8 Å². The van der Waals surface area contributed by atoms with Crippen molar-refractivity contribution in [3.63, 3.8) is 0 Å². The minimum absolute atomic E-state index is 0.0335. The number of nitrogens with zero attached hydrogens (tertiary/aromatic N) is 2. The average molecular weight is 170 g/mol.